The molecule has 2 aromatic rings. The SMILES string of the molecule is NS(=O)(=O)c1cnc(N[C@H]2CCCc3ccccc32)s1. The highest BCUT2D eigenvalue weighted by atomic mass is 32.2. The van der Waals surface area contributed by atoms with Gasteiger partial charge in [0.1, 0.15) is 0 Å². The predicted octanol–water partition coefficient (Wildman–Crippen LogP) is 2.28. The van der Waals surface area contributed by atoms with Crippen LogP contribution < -0.4 is 10.5 Å². The van der Waals surface area contributed by atoms with Crippen molar-refractivity contribution in [2.24, 2.45) is 5.14 Å². The lowest BCUT2D eigenvalue weighted by molar-refractivity contribution is 0.599. The van der Waals surface area contributed by atoms with Gasteiger partial charge in [-0.05, 0) is 30.4 Å². The Morgan fingerprint density at radius 2 is 2.15 bits per heavy atom. The number of primary sulfonamides is 1. The summed E-state index contributed by atoms with van der Waals surface area (Å²) in [5.41, 5.74) is 2.62. The first-order chi connectivity index (χ1) is 9.54. The lowest BCUT2D eigenvalue weighted by atomic mass is 9.88. The van der Waals surface area contributed by atoms with Crippen molar-refractivity contribution < 1.29 is 8.42 Å². The number of sulfonamides is 1. The summed E-state index contributed by atoms with van der Waals surface area (Å²) in [6, 6.07) is 8.50. The summed E-state index contributed by atoms with van der Waals surface area (Å²) in [4.78, 5) is 4.10. The van der Waals surface area contributed by atoms with Gasteiger partial charge in [0, 0.05) is 0 Å². The van der Waals surface area contributed by atoms with E-state index in [1.165, 1.54) is 17.3 Å². The molecule has 1 aliphatic carbocycles. The summed E-state index contributed by atoms with van der Waals surface area (Å²) in [5.74, 6) is 0. The number of anilines is 1. The summed E-state index contributed by atoms with van der Waals surface area (Å²) in [6.07, 6.45) is 4.52. The van der Waals surface area contributed by atoms with Crippen molar-refractivity contribution in [1.29, 1.82) is 0 Å². The molecule has 0 amide bonds. The highest BCUT2D eigenvalue weighted by Gasteiger charge is 2.21. The molecule has 0 unspecified atom stereocenters. The fraction of sp³-hybridized carbons (Fsp3) is 0.308. The average molecular weight is 309 g/mol. The molecular weight excluding hydrogens is 294 g/mol. The third-order valence-corrected chi connectivity index (χ3v) is 5.77. The highest BCUT2D eigenvalue weighted by molar-refractivity contribution is 7.91. The maximum absolute atomic E-state index is 11.3. The second kappa shape index (κ2) is 5.16. The number of benzene rings is 1. The van der Waals surface area contributed by atoms with Gasteiger partial charge in [-0.2, -0.15) is 0 Å². The minimum Gasteiger partial charge on any atom is -0.355 e. The van der Waals surface area contributed by atoms with Crippen molar-refractivity contribution in [3.63, 3.8) is 0 Å². The summed E-state index contributed by atoms with van der Waals surface area (Å²) in [7, 11) is -3.67. The first-order valence-electron chi connectivity index (χ1n) is 6.37. The van der Waals surface area contributed by atoms with Crippen LogP contribution >= 0.6 is 11.3 Å². The molecule has 1 aromatic heterocycles. The van der Waals surface area contributed by atoms with Gasteiger partial charge >= 0.3 is 0 Å². The molecular formula is C13H15N3O2S2. The van der Waals surface area contributed by atoms with E-state index in [9.17, 15) is 8.42 Å². The molecule has 0 fully saturated rings. The molecule has 1 heterocycles. The molecule has 0 saturated heterocycles. The summed E-state index contributed by atoms with van der Waals surface area (Å²) < 4.78 is 22.6. The zero-order valence-corrected chi connectivity index (χ0v) is 12.4. The Balaban J connectivity index is 1.84. The molecule has 1 aromatic carbocycles. The van der Waals surface area contributed by atoms with Crippen molar-refractivity contribution in [3.05, 3.63) is 41.6 Å². The van der Waals surface area contributed by atoms with Crippen LogP contribution in [0.2, 0.25) is 0 Å². The van der Waals surface area contributed by atoms with Crippen molar-refractivity contribution in [2.45, 2.75) is 29.5 Å². The van der Waals surface area contributed by atoms with Crippen molar-refractivity contribution in [2.75, 3.05) is 5.32 Å². The van der Waals surface area contributed by atoms with Crippen molar-refractivity contribution >= 4 is 26.5 Å². The van der Waals surface area contributed by atoms with Gasteiger partial charge in [-0.15, -0.1) is 0 Å². The Labute approximate surface area is 121 Å². The fourth-order valence-electron chi connectivity index (χ4n) is 2.51. The van der Waals surface area contributed by atoms with Crippen LogP contribution in [0.3, 0.4) is 0 Å². The molecule has 7 heteroatoms. The van der Waals surface area contributed by atoms with Gasteiger partial charge in [0.15, 0.2) is 9.34 Å². The number of thiazole rings is 1. The van der Waals surface area contributed by atoms with Gasteiger partial charge in [0.25, 0.3) is 0 Å². The third kappa shape index (κ3) is 2.70. The zero-order chi connectivity index (χ0) is 14.2. The van der Waals surface area contributed by atoms with Crippen LogP contribution in [-0.4, -0.2) is 13.4 Å². The van der Waals surface area contributed by atoms with Crippen LogP contribution in [0.5, 0.6) is 0 Å². The minimum absolute atomic E-state index is 0.0871. The van der Waals surface area contributed by atoms with E-state index in [-0.39, 0.29) is 10.3 Å². The number of aromatic nitrogens is 1. The first-order valence-corrected chi connectivity index (χ1v) is 8.73. The Hall–Kier alpha value is -1.44. The van der Waals surface area contributed by atoms with Crippen LogP contribution in [0.4, 0.5) is 5.13 Å². The molecule has 106 valence electrons. The number of nitrogens with one attached hydrogen (secondary N) is 1. The maximum atomic E-state index is 11.3. The topological polar surface area (TPSA) is 85.1 Å². The Morgan fingerprint density at radius 1 is 1.35 bits per heavy atom. The average Bonchev–Trinajstić information content (AvgIpc) is 2.88. The van der Waals surface area contributed by atoms with Gasteiger partial charge in [0.05, 0.1) is 12.2 Å². The smallest absolute Gasteiger partial charge is 0.249 e. The Kier molecular flexibility index (Phi) is 3.49. The van der Waals surface area contributed by atoms with Crippen LogP contribution in [0.25, 0.3) is 0 Å². The lowest BCUT2D eigenvalue weighted by Gasteiger charge is -2.26. The zero-order valence-electron chi connectivity index (χ0n) is 10.7. The van der Waals surface area contributed by atoms with E-state index in [0.717, 1.165) is 30.6 Å². The summed E-state index contributed by atoms with van der Waals surface area (Å²) in [6.45, 7) is 0. The van der Waals surface area contributed by atoms with Gasteiger partial charge in [-0.3, -0.25) is 0 Å². The molecule has 0 spiro atoms. The second-order valence-corrected chi connectivity index (χ2v) is 7.64. The normalized spacial score (nSPS) is 18.6. The standard InChI is InChI=1S/C13H15N3O2S2/c14-20(17,18)12-8-15-13(19-12)16-11-7-3-5-9-4-1-2-6-10(9)11/h1-2,4,6,8,11H,3,5,7H2,(H,15,16)(H2,14,17,18)/t11-/m0/s1. The van der Waals surface area contributed by atoms with Gasteiger partial charge in [-0.1, -0.05) is 35.6 Å². The second-order valence-electron chi connectivity index (χ2n) is 4.82. The fourth-order valence-corrected chi connectivity index (χ4v) is 4.01. The van der Waals surface area contributed by atoms with E-state index in [1.54, 1.807) is 0 Å². The molecule has 0 radical (unpaired) electrons. The molecule has 5 nitrogen and oxygen atoms in total. The minimum atomic E-state index is -3.67. The van der Waals surface area contributed by atoms with Gasteiger partial charge in [-0.25, -0.2) is 18.5 Å². The number of fused-ring (bicyclic) bond motifs is 1. The summed E-state index contributed by atoms with van der Waals surface area (Å²) in [5, 5.41) is 9.00. The van der Waals surface area contributed by atoms with Gasteiger partial charge in [0.2, 0.25) is 10.0 Å². The molecule has 1 aliphatic rings. The number of hydrogen-bond acceptors (Lipinski definition) is 5. The van der Waals surface area contributed by atoms with E-state index >= 15 is 0 Å². The molecule has 0 saturated carbocycles. The van der Waals surface area contributed by atoms with E-state index in [1.807, 2.05) is 12.1 Å². The lowest BCUT2D eigenvalue weighted by Crippen LogP contribution is -2.17. The Morgan fingerprint density at radius 3 is 2.90 bits per heavy atom. The van der Waals surface area contributed by atoms with Crippen LogP contribution in [0.15, 0.2) is 34.7 Å². The van der Waals surface area contributed by atoms with Crippen molar-refractivity contribution in [3.8, 4) is 0 Å². The van der Waals surface area contributed by atoms with E-state index < -0.39 is 10.0 Å². The quantitative estimate of drug-likeness (QED) is 0.911. The first kappa shape index (κ1) is 13.5. The van der Waals surface area contributed by atoms with Crippen molar-refractivity contribution in [1.82, 2.24) is 4.98 Å². The van der Waals surface area contributed by atoms with E-state index in [4.69, 9.17) is 5.14 Å². The van der Waals surface area contributed by atoms with Crippen LogP contribution in [0.1, 0.15) is 30.0 Å². The molecule has 3 rings (SSSR count). The molecule has 0 aliphatic heterocycles. The maximum Gasteiger partial charge on any atom is 0.249 e. The molecule has 0 bridgehead atoms. The number of aryl methyl sites for hydroxylation is 1. The monoisotopic (exact) mass is 309 g/mol. The Bertz CT molecular complexity index is 725. The molecule has 3 N–H and O–H groups in total. The number of nitrogens with two attached hydrogens (primary N) is 1. The number of hydrogen-bond donors (Lipinski definition) is 2. The van der Waals surface area contributed by atoms with E-state index in [0.29, 0.717) is 5.13 Å². The van der Waals surface area contributed by atoms with Crippen LogP contribution in [0, 0.1) is 0 Å². The predicted molar refractivity (Wildman–Crippen MR) is 79.2 cm³/mol. The number of nitrogens with zero attached hydrogens (tertiary/aromatic N) is 1. The number of rotatable bonds is 3. The third-order valence-electron chi connectivity index (χ3n) is 3.43. The van der Waals surface area contributed by atoms with E-state index in [2.05, 4.69) is 22.4 Å². The van der Waals surface area contributed by atoms with Gasteiger partial charge < -0.3 is 5.32 Å². The molecule has 20 heavy (non-hydrogen) atoms. The van der Waals surface area contributed by atoms with Crippen LogP contribution in [-0.2, 0) is 16.4 Å². The highest BCUT2D eigenvalue weighted by Crippen LogP contribution is 2.33. The summed E-state index contributed by atoms with van der Waals surface area (Å²) >= 11 is 1.07. The molecule has 1 atom stereocenters. The largest absolute Gasteiger partial charge is 0.355 e.